The molecule has 0 heterocycles. The highest BCUT2D eigenvalue weighted by molar-refractivity contribution is 5.67. The first-order valence-electron chi connectivity index (χ1n) is 6.16. The van der Waals surface area contributed by atoms with Gasteiger partial charge in [0.25, 0.3) is 0 Å². The normalized spacial score (nSPS) is 12.0. The van der Waals surface area contributed by atoms with E-state index in [0.717, 1.165) is 5.69 Å². The molecule has 1 unspecified atom stereocenters. The van der Waals surface area contributed by atoms with Crippen molar-refractivity contribution >= 4 is 17.3 Å². The average molecular weight is 250 g/mol. The van der Waals surface area contributed by atoms with Crippen LogP contribution in [0.1, 0.15) is 25.3 Å². The van der Waals surface area contributed by atoms with Crippen molar-refractivity contribution in [1.82, 2.24) is 0 Å². The van der Waals surface area contributed by atoms with Gasteiger partial charge in [-0.25, -0.2) is 0 Å². The lowest BCUT2D eigenvalue weighted by atomic mass is 10.1. The molecule has 0 saturated heterocycles. The molecule has 18 heavy (non-hydrogen) atoms. The number of nitrogens with zero attached hydrogens (tertiary/aromatic N) is 1. The highest BCUT2D eigenvalue weighted by Crippen LogP contribution is 2.23. The number of aliphatic carboxylic acids is 1. The monoisotopic (exact) mass is 250 g/mol. The lowest BCUT2D eigenvalue weighted by Crippen LogP contribution is -2.17. The summed E-state index contributed by atoms with van der Waals surface area (Å²) in [5, 5.41) is 12.0. The predicted octanol–water partition coefficient (Wildman–Crippen LogP) is 2.73. The maximum atomic E-state index is 10.5. The molecule has 0 spiro atoms. The van der Waals surface area contributed by atoms with E-state index in [9.17, 15) is 4.79 Å². The largest absolute Gasteiger partial charge is 0.481 e. The molecule has 0 amide bonds. The van der Waals surface area contributed by atoms with E-state index in [0.29, 0.717) is 6.42 Å². The van der Waals surface area contributed by atoms with E-state index in [1.54, 1.807) is 0 Å². The van der Waals surface area contributed by atoms with Crippen LogP contribution in [0.5, 0.6) is 0 Å². The van der Waals surface area contributed by atoms with Crippen molar-refractivity contribution < 1.29 is 9.90 Å². The Morgan fingerprint density at radius 1 is 1.44 bits per heavy atom. The topological polar surface area (TPSA) is 52.6 Å². The number of carboxylic acids is 1. The van der Waals surface area contributed by atoms with Gasteiger partial charge >= 0.3 is 5.97 Å². The molecule has 1 rings (SSSR count). The minimum atomic E-state index is -0.749. The van der Waals surface area contributed by atoms with Gasteiger partial charge < -0.3 is 15.3 Å². The van der Waals surface area contributed by atoms with Crippen LogP contribution in [0.4, 0.5) is 11.4 Å². The SMILES string of the molecule is Cc1ccc(NC(C)CCC(=O)O)cc1N(C)C. The fraction of sp³-hybridized carbons (Fsp3) is 0.500. The van der Waals surface area contributed by atoms with Crippen molar-refractivity contribution in [2.45, 2.75) is 32.7 Å². The van der Waals surface area contributed by atoms with Crippen LogP contribution < -0.4 is 10.2 Å². The van der Waals surface area contributed by atoms with Crippen LogP contribution in [0.2, 0.25) is 0 Å². The quantitative estimate of drug-likeness (QED) is 0.815. The molecule has 0 saturated carbocycles. The van der Waals surface area contributed by atoms with E-state index in [1.165, 1.54) is 11.3 Å². The van der Waals surface area contributed by atoms with E-state index in [-0.39, 0.29) is 12.5 Å². The highest BCUT2D eigenvalue weighted by Gasteiger charge is 2.07. The Labute approximate surface area is 109 Å². The summed E-state index contributed by atoms with van der Waals surface area (Å²) in [6.45, 7) is 4.07. The van der Waals surface area contributed by atoms with Crippen LogP contribution in [0.3, 0.4) is 0 Å². The molecule has 0 aliphatic rings. The zero-order chi connectivity index (χ0) is 13.7. The number of anilines is 2. The number of hydrogen-bond acceptors (Lipinski definition) is 3. The highest BCUT2D eigenvalue weighted by atomic mass is 16.4. The Morgan fingerprint density at radius 3 is 2.67 bits per heavy atom. The second-order valence-corrected chi connectivity index (χ2v) is 4.87. The average Bonchev–Trinajstić information content (AvgIpc) is 2.28. The van der Waals surface area contributed by atoms with Gasteiger partial charge in [0.05, 0.1) is 0 Å². The number of aryl methyl sites for hydroxylation is 1. The van der Waals surface area contributed by atoms with E-state index in [2.05, 4.69) is 29.3 Å². The molecule has 0 aliphatic carbocycles. The summed E-state index contributed by atoms with van der Waals surface area (Å²) in [6.07, 6.45) is 0.821. The summed E-state index contributed by atoms with van der Waals surface area (Å²) < 4.78 is 0. The predicted molar refractivity (Wildman–Crippen MR) is 75.5 cm³/mol. The summed E-state index contributed by atoms with van der Waals surface area (Å²) in [7, 11) is 4.03. The molecular formula is C14H22N2O2. The van der Waals surface area contributed by atoms with Crippen molar-refractivity contribution in [3.63, 3.8) is 0 Å². The lowest BCUT2D eigenvalue weighted by molar-refractivity contribution is -0.137. The lowest BCUT2D eigenvalue weighted by Gasteiger charge is -2.19. The van der Waals surface area contributed by atoms with Crippen molar-refractivity contribution in [3.05, 3.63) is 23.8 Å². The van der Waals surface area contributed by atoms with Gasteiger partial charge in [-0.15, -0.1) is 0 Å². The van der Waals surface area contributed by atoms with Crippen LogP contribution in [0.25, 0.3) is 0 Å². The van der Waals surface area contributed by atoms with E-state index in [1.807, 2.05) is 27.1 Å². The van der Waals surface area contributed by atoms with Gasteiger partial charge in [-0.1, -0.05) is 6.07 Å². The number of carboxylic acid groups (broad SMARTS) is 1. The zero-order valence-electron chi connectivity index (χ0n) is 11.5. The van der Waals surface area contributed by atoms with E-state index < -0.39 is 5.97 Å². The zero-order valence-corrected chi connectivity index (χ0v) is 11.5. The Kier molecular flexibility index (Phi) is 5.01. The molecule has 100 valence electrons. The molecule has 1 atom stereocenters. The first-order valence-corrected chi connectivity index (χ1v) is 6.16. The van der Waals surface area contributed by atoms with Crippen molar-refractivity contribution in [2.75, 3.05) is 24.3 Å². The minimum Gasteiger partial charge on any atom is -0.481 e. The number of nitrogens with one attached hydrogen (secondary N) is 1. The molecule has 0 radical (unpaired) electrons. The fourth-order valence-electron chi connectivity index (χ4n) is 1.88. The van der Waals surface area contributed by atoms with Gasteiger partial charge in [0, 0.05) is 37.9 Å². The van der Waals surface area contributed by atoms with Crippen LogP contribution in [0.15, 0.2) is 18.2 Å². The summed E-state index contributed by atoms with van der Waals surface area (Å²) >= 11 is 0. The Hall–Kier alpha value is -1.71. The van der Waals surface area contributed by atoms with Crippen LogP contribution in [-0.4, -0.2) is 31.2 Å². The molecule has 0 fully saturated rings. The number of hydrogen-bond donors (Lipinski definition) is 2. The van der Waals surface area contributed by atoms with Gasteiger partial charge in [-0.05, 0) is 38.0 Å². The number of rotatable bonds is 6. The Balaban J connectivity index is 2.67. The van der Waals surface area contributed by atoms with Gasteiger partial charge in [-0.3, -0.25) is 4.79 Å². The van der Waals surface area contributed by atoms with E-state index in [4.69, 9.17) is 5.11 Å². The van der Waals surface area contributed by atoms with Crippen LogP contribution >= 0.6 is 0 Å². The molecular weight excluding hydrogens is 228 g/mol. The van der Waals surface area contributed by atoms with Crippen LogP contribution in [0, 0.1) is 6.92 Å². The fourth-order valence-corrected chi connectivity index (χ4v) is 1.88. The molecule has 4 heteroatoms. The molecule has 0 aliphatic heterocycles. The third kappa shape index (κ3) is 4.28. The van der Waals surface area contributed by atoms with Gasteiger partial charge in [0.2, 0.25) is 0 Å². The second-order valence-electron chi connectivity index (χ2n) is 4.87. The van der Waals surface area contributed by atoms with Crippen molar-refractivity contribution in [1.29, 1.82) is 0 Å². The van der Waals surface area contributed by atoms with Crippen molar-refractivity contribution in [3.8, 4) is 0 Å². The Bertz CT molecular complexity index is 416. The van der Waals surface area contributed by atoms with Gasteiger partial charge in [0.15, 0.2) is 0 Å². The molecule has 1 aromatic carbocycles. The minimum absolute atomic E-state index is 0.152. The van der Waals surface area contributed by atoms with Gasteiger partial charge in [-0.2, -0.15) is 0 Å². The molecule has 1 aromatic rings. The van der Waals surface area contributed by atoms with Crippen molar-refractivity contribution in [2.24, 2.45) is 0 Å². The summed E-state index contributed by atoms with van der Waals surface area (Å²) in [6, 6.07) is 6.34. The molecule has 4 nitrogen and oxygen atoms in total. The summed E-state index contributed by atoms with van der Waals surface area (Å²) in [5.41, 5.74) is 3.43. The third-order valence-corrected chi connectivity index (χ3v) is 2.90. The van der Waals surface area contributed by atoms with Crippen LogP contribution in [-0.2, 0) is 4.79 Å². The van der Waals surface area contributed by atoms with Gasteiger partial charge in [0.1, 0.15) is 0 Å². The molecule has 2 N–H and O–H groups in total. The first-order chi connectivity index (χ1) is 8.40. The first kappa shape index (κ1) is 14.4. The Morgan fingerprint density at radius 2 is 2.11 bits per heavy atom. The van der Waals surface area contributed by atoms with E-state index >= 15 is 0 Å². The third-order valence-electron chi connectivity index (χ3n) is 2.90. The maximum Gasteiger partial charge on any atom is 0.303 e. The summed E-state index contributed by atoms with van der Waals surface area (Å²) in [5.74, 6) is -0.749. The summed E-state index contributed by atoms with van der Waals surface area (Å²) in [4.78, 5) is 12.6. The second kappa shape index (κ2) is 6.28. The maximum absolute atomic E-state index is 10.5. The number of benzene rings is 1. The molecule has 0 bridgehead atoms. The standard InChI is InChI=1S/C14H22N2O2/c1-10-5-7-12(9-13(10)16(3)4)15-11(2)6-8-14(17)18/h5,7,9,11,15H,6,8H2,1-4H3,(H,17,18). The number of carbonyl (C=O) groups is 1. The molecule has 0 aromatic heterocycles. The smallest absolute Gasteiger partial charge is 0.303 e.